The normalized spacial score (nSPS) is 21.9. The fourth-order valence-corrected chi connectivity index (χ4v) is 2.62. The highest BCUT2D eigenvalue weighted by molar-refractivity contribution is 5.89. The van der Waals surface area contributed by atoms with Crippen molar-refractivity contribution in [2.45, 2.75) is 71.2 Å². The quantitative estimate of drug-likeness (QED) is 0.241. The van der Waals surface area contributed by atoms with Crippen LogP contribution in [0.5, 0.6) is 0 Å². The zero-order valence-electron chi connectivity index (χ0n) is 16.1. The third kappa shape index (κ3) is 8.82. The number of carbonyl (C=O) groups excluding carboxylic acids is 2. The lowest BCUT2D eigenvalue weighted by Gasteiger charge is -2.36. The lowest BCUT2D eigenvalue weighted by molar-refractivity contribution is -0.139. The predicted molar refractivity (Wildman–Crippen MR) is 100 cm³/mol. The zero-order chi connectivity index (χ0) is 20.3. The molecule has 3 atom stereocenters. The molecule has 26 heavy (non-hydrogen) atoms. The number of rotatable bonds is 7. The Morgan fingerprint density at radius 3 is 2.27 bits per heavy atom. The highest BCUT2D eigenvalue weighted by Crippen LogP contribution is 2.24. The molecule has 1 rings (SSSR count). The van der Waals surface area contributed by atoms with Gasteiger partial charge in [0.1, 0.15) is 0 Å². The van der Waals surface area contributed by atoms with Gasteiger partial charge >= 0.3 is 5.97 Å². The van der Waals surface area contributed by atoms with Gasteiger partial charge in [0.25, 0.3) is 0 Å². The lowest BCUT2D eigenvalue weighted by Crippen LogP contribution is -2.57. The van der Waals surface area contributed by atoms with E-state index < -0.39 is 6.10 Å². The Kier molecular flexibility index (Phi) is 11.3. The van der Waals surface area contributed by atoms with E-state index in [1.165, 1.54) is 6.92 Å². The molecule has 0 saturated heterocycles. The topological polar surface area (TPSA) is 167 Å². The van der Waals surface area contributed by atoms with Crippen LogP contribution in [0, 0.1) is 5.41 Å². The SMILES string of the molecule is CCOC(=O)C1=C[C@@H](OC(CC)CC)[C@H](NC(C)=O)[C@@H](N)C1.N=C(N)N. The molecule has 0 bridgehead atoms. The molecule has 0 aromatic heterocycles. The van der Waals surface area contributed by atoms with Crippen molar-refractivity contribution in [3.63, 3.8) is 0 Å². The summed E-state index contributed by atoms with van der Waals surface area (Å²) in [4.78, 5) is 23.4. The van der Waals surface area contributed by atoms with Gasteiger partial charge in [0.05, 0.1) is 24.9 Å². The van der Waals surface area contributed by atoms with Crippen LogP contribution in [-0.2, 0) is 19.1 Å². The second-order valence-corrected chi connectivity index (χ2v) is 6.00. The van der Waals surface area contributed by atoms with Crippen molar-refractivity contribution in [3.8, 4) is 0 Å². The maximum Gasteiger partial charge on any atom is 0.333 e. The smallest absolute Gasteiger partial charge is 0.333 e. The van der Waals surface area contributed by atoms with Crippen LogP contribution in [0.25, 0.3) is 0 Å². The van der Waals surface area contributed by atoms with Crippen molar-refractivity contribution >= 4 is 17.8 Å². The second-order valence-electron chi connectivity index (χ2n) is 6.00. The molecule has 0 aromatic rings. The van der Waals surface area contributed by atoms with Crippen LogP contribution < -0.4 is 22.5 Å². The molecule has 8 N–H and O–H groups in total. The van der Waals surface area contributed by atoms with Crippen molar-refractivity contribution in [2.75, 3.05) is 6.61 Å². The number of carbonyl (C=O) groups is 2. The Morgan fingerprint density at radius 2 is 1.85 bits per heavy atom. The molecule has 9 nitrogen and oxygen atoms in total. The van der Waals surface area contributed by atoms with E-state index in [9.17, 15) is 9.59 Å². The summed E-state index contributed by atoms with van der Waals surface area (Å²) in [7, 11) is 0. The van der Waals surface area contributed by atoms with Gasteiger partial charge in [0, 0.05) is 18.5 Å². The molecule has 1 aliphatic rings. The van der Waals surface area contributed by atoms with E-state index in [1.807, 2.05) is 13.8 Å². The number of nitrogens with one attached hydrogen (secondary N) is 2. The fourth-order valence-electron chi connectivity index (χ4n) is 2.62. The van der Waals surface area contributed by atoms with Gasteiger partial charge in [-0.2, -0.15) is 0 Å². The first-order chi connectivity index (χ1) is 12.2. The summed E-state index contributed by atoms with van der Waals surface area (Å²) in [5.41, 5.74) is 15.6. The van der Waals surface area contributed by atoms with Crippen LogP contribution >= 0.6 is 0 Å². The summed E-state index contributed by atoms with van der Waals surface area (Å²) in [6.45, 7) is 7.62. The minimum atomic E-state index is -0.419. The first-order valence-electron chi connectivity index (χ1n) is 8.81. The summed E-state index contributed by atoms with van der Waals surface area (Å²) < 4.78 is 11.1. The number of amides is 1. The number of hydrogen-bond acceptors (Lipinski definition) is 6. The van der Waals surface area contributed by atoms with Crippen LogP contribution in [0.2, 0.25) is 0 Å². The van der Waals surface area contributed by atoms with Gasteiger partial charge in [-0.25, -0.2) is 4.79 Å². The summed E-state index contributed by atoms with van der Waals surface area (Å²) >= 11 is 0. The Hall–Kier alpha value is -2.13. The van der Waals surface area contributed by atoms with E-state index in [-0.39, 0.29) is 36.0 Å². The van der Waals surface area contributed by atoms with Gasteiger partial charge in [0.2, 0.25) is 5.91 Å². The van der Waals surface area contributed by atoms with Crippen molar-refractivity contribution in [3.05, 3.63) is 11.6 Å². The van der Waals surface area contributed by atoms with Crippen LogP contribution in [0.1, 0.15) is 47.0 Å². The minimum Gasteiger partial charge on any atom is -0.463 e. The van der Waals surface area contributed by atoms with Crippen LogP contribution in [0.4, 0.5) is 0 Å². The Labute approximate surface area is 155 Å². The number of esters is 1. The number of ether oxygens (including phenoxy) is 2. The molecule has 0 fully saturated rings. The maximum absolute atomic E-state index is 12.0. The lowest BCUT2D eigenvalue weighted by atomic mass is 9.88. The second kappa shape index (κ2) is 12.3. The molecular formula is C17H33N5O4. The van der Waals surface area contributed by atoms with E-state index in [0.717, 1.165) is 12.8 Å². The molecule has 0 saturated carbocycles. The Bertz CT molecular complexity index is 501. The summed E-state index contributed by atoms with van der Waals surface area (Å²) in [5, 5.41) is 8.90. The van der Waals surface area contributed by atoms with E-state index in [2.05, 4.69) is 16.8 Å². The third-order valence-corrected chi connectivity index (χ3v) is 3.80. The van der Waals surface area contributed by atoms with Crippen molar-refractivity contribution in [1.82, 2.24) is 5.32 Å². The molecule has 0 aliphatic heterocycles. The Balaban J connectivity index is 0.00000141. The van der Waals surface area contributed by atoms with Gasteiger partial charge in [-0.05, 0) is 32.3 Å². The molecule has 0 heterocycles. The van der Waals surface area contributed by atoms with Crippen molar-refractivity contribution in [2.24, 2.45) is 17.2 Å². The molecule has 0 radical (unpaired) electrons. The largest absolute Gasteiger partial charge is 0.463 e. The average molecular weight is 371 g/mol. The monoisotopic (exact) mass is 371 g/mol. The zero-order valence-corrected chi connectivity index (χ0v) is 16.1. The first kappa shape index (κ1) is 23.9. The van der Waals surface area contributed by atoms with Gasteiger partial charge < -0.3 is 32.0 Å². The predicted octanol–water partition coefficient (Wildman–Crippen LogP) is 0.124. The van der Waals surface area contributed by atoms with E-state index in [1.54, 1.807) is 13.0 Å². The summed E-state index contributed by atoms with van der Waals surface area (Å²) in [5.74, 6) is -0.857. The maximum atomic E-state index is 12.0. The molecule has 1 amide bonds. The molecule has 0 unspecified atom stereocenters. The highest BCUT2D eigenvalue weighted by Gasteiger charge is 2.35. The molecular weight excluding hydrogens is 338 g/mol. The van der Waals surface area contributed by atoms with Crippen molar-refractivity contribution < 1.29 is 19.1 Å². The first-order valence-corrected chi connectivity index (χ1v) is 8.81. The standard InChI is InChI=1S/C16H28N2O4.CH5N3/c1-5-12(6-2)22-14-9-11(16(20)21-7-3)8-13(17)15(14)18-10(4)19;2-1(3)4/h9,12-15H,5-8,17H2,1-4H3,(H,18,19);(H5,2,3,4)/t13-,14+,15+;/m0./s1. The van der Waals surface area contributed by atoms with Gasteiger partial charge in [-0.3, -0.25) is 10.2 Å². The van der Waals surface area contributed by atoms with Crippen LogP contribution in [-0.4, -0.2) is 48.7 Å². The van der Waals surface area contributed by atoms with E-state index in [0.29, 0.717) is 18.6 Å². The van der Waals surface area contributed by atoms with E-state index in [4.69, 9.17) is 20.6 Å². The fraction of sp³-hybridized carbons (Fsp3) is 0.706. The molecule has 9 heteroatoms. The average Bonchev–Trinajstić information content (AvgIpc) is 2.54. The van der Waals surface area contributed by atoms with Gasteiger partial charge in [-0.15, -0.1) is 0 Å². The van der Waals surface area contributed by atoms with Gasteiger partial charge in [0.15, 0.2) is 5.96 Å². The number of nitrogens with two attached hydrogens (primary N) is 3. The molecule has 0 aromatic carbocycles. The highest BCUT2D eigenvalue weighted by atomic mass is 16.5. The molecule has 0 spiro atoms. The van der Waals surface area contributed by atoms with Crippen LogP contribution in [0.15, 0.2) is 11.6 Å². The molecule has 150 valence electrons. The van der Waals surface area contributed by atoms with Crippen molar-refractivity contribution in [1.29, 1.82) is 5.41 Å². The number of guanidine groups is 1. The van der Waals surface area contributed by atoms with E-state index >= 15 is 0 Å². The third-order valence-electron chi connectivity index (χ3n) is 3.80. The summed E-state index contributed by atoms with van der Waals surface area (Å²) in [6.07, 6.45) is 3.48. The Morgan fingerprint density at radius 1 is 1.31 bits per heavy atom. The van der Waals surface area contributed by atoms with Crippen LogP contribution in [0.3, 0.4) is 0 Å². The number of hydrogen-bond donors (Lipinski definition) is 5. The minimum absolute atomic E-state index is 0.0613. The summed E-state index contributed by atoms with van der Waals surface area (Å²) in [6, 6.07) is -0.719. The van der Waals surface area contributed by atoms with Gasteiger partial charge in [-0.1, -0.05) is 13.8 Å². The molecule has 1 aliphatic carbocycles.